The van der Waals surface area contributed by atoms with Gasteiger partial charge in [-0.2, -0.15) is 0 Å². The monoisotopic (exact) mass is 394 g/mol. The molecule has 1 atom stereocenters. The molecular weight excluding hydrogens is 381 g/mol. The molecule has 0 fully saturated rings. The number of hydrogen-bond acceptors (Lipinski definition) is 3. The maximum absolute atomic E-state index is 12.7. The molecule has 2 aromatic rings. The van der Waals surface area contributed by atoms with Gasteiger partial charge in [-0.3, -0.25) is 4.79 Å². The molecule has 7 heteroatoms. The number of benzene rings is 2. The van der Waals surface area contributed by atoms with E-state index in [9.17, 15) is 4.79 Å². The van der Waals surface area contributed by atoms with Crippen molar-refractivity contribution in [2.24, 2.45) is 0 Å². The first kappa shape index (κ1) is 19.6. The summed E-state index contributed by atoms with van der Waals surface area (Å²) >= 11 is 9.51. The predicted octanol–water partition coefficient (Wildman–Crippen LogP) is 3.62. The number of hydrogen-bond donors (Lipinski definition) is 0. The Hall–Kier alpha value is -0.493. The normalized spacial score (nSPS) is 10.4. The molecule has 0 aliphatic heterocycles. The molecule has 0 aliphatic rings. The minimum atomic E-state index is -0.0851. The number of carbonyl (C=O) groups is 1. The van der Waals surface area contributed by atoms with Crippen LogP contribution in [0.2, 0.25) is 5.02 Å². The van der Waals surface area contributed by atoms with Gasteiger partial charge in [0.2, 0.25) is 0 Å². The molecule has 0 heterocycles. The summed E-state index contributed by atoms with van der Waals surface area (Å²) in [6.07, 6.45) is 0. The molecule has 0 radical (unpaired) electrons. The Labute approximate surface area is 156 Å². The molecule has 2 rings (SSSR count). The molecule has 0 spiro atoms. The zero-order chi connectivity index (χ0) is 15.4. The van der Waals surface area contributed by atoms with Gasteiger partial charge in [-0.25, -0.2) is 0 Å². The van der Waals surface area contributed by atoms with Crippen molar-refractivity contribution in [1.29, 1.82) is 0 Å². The fraction of sp³-hybridized carbons (Fsp3) is 0.133. The summed E-state index contributed by atoms with van der Waals surface area (Å²) in [5.41, 5.74) is 0.277. The summed E-state index contributed by atoms with van der Waals surface area (Å²) in [6, 6.07) is 11.2. The Morgan fingerprint density at radius 1 is 1.14 bits per heavy atom. The number of methoxy groups -OCH3 is 2. The molecule has 0 aromatic heterocycles. The van der Waals surface area contributed by atoms with Gasteiger partial charge in [-0.1, -0.05) is 41.9 Å². The average Bonchev–Trinajstić information content (AvgIpc) is 2.47. The van der Waals surface area contributed by atoms with Crippen molar-refractivity contribution in [3.8, 4) is 11.5 Å². The summed E-state index contributed by atoms with van der Waals surface area (Å²) in [7, 11) is 2.96. The molecule has 22 heavy (non-hydrogen) atoms. The van der Waals surface area contributed by atoms with Gasteiger partial charge in [0.25, 0.3) is 0 Å². The van der Waals surface area contributed by atoms with Crippen LogP contribution >= 0.6 is 36.1 Å². The molecule has 112 valence electrons. The molecular formula is C15H14BrClLiO3P. The molecule has 0 aliphatic carbocycles. The summed E-state index contributed by atoms with van der Waals surface area (Å²) < 4.78 is 11.2. The van der Waals surface area contributed by atoms with Gasteiger partial charge in [0.15, 0.2) is 11.3 Å². The van der Waals surface area contributed by atoms with E-state index in [1.165, 1.54) is 14.2 Å². The van der Waals surface area contributed by atoms with Crippen molar-refractivity contribution in [1.82, 2.24) is 0 Å². The summed E-state index contributed by atoms with van der Waals surface area (Å²) in [6.45, 7) is 0. The van der Waals surface area contributed by atoms with Crippen LogP contribution in [0.15, 0.2) is 40.9 Å². The van der Waals surface area contributed by atoms with Gasteiger partial charge in [0.1, 0.15) is 11.3 Å². The first-order chi connectivity index (χ1) is 10.1. The third-order valence-electron chi connectivity index (χ3n) is 2.81. The number of carbonyl (C=O) groups excluding carboxylic acids is 1. The van der Waals surface area contributed by atoms with Crippen LogP contribution in [-0.2, 0) is 0 Å². The number of rotatable bonds is 5. The second-order valence-corrected chi connectivity index (χ2v) is 6.64. The SMILES string of the molecule is COc1c(Cl)cc(Br)c(OC)c1C(=O)Pc1ccccc1.[LiH]. The van der Waals surface area contributed by atoms with Crippen LogP contribution in [-0.4, -0.2) is 38.6 Å². The van der Waals surface area contributed by atoms with Crippen LogP contribution in [0.25, 0.3) is 0 Å². The van der Waals surface area contributed by atoms with Gasteiger partial charge in [-0.15, -0.1) is 0 Å². The van der Waals surface area contributed by atoms with Crippen molar-refractivity contribution < 1.29 is 14.3 Å². The quantitative estimate of drug-likeness (QED) is 0.573. The summed E-state index contributed by atoms with van der Waals surface area (Å²) in [5, 5.41) is 1.31. The van der Waals surface area contributed by atoms with Gasteiger partial charge in [-0.05, 0) is 35.9 Å². The molecule has 1 unspecified atom stereocenters. The second kappa shape index (κ2) is 8.96. The van der Waals surface area contributed by atoms with E-state index < -0.39 is 0 Å². The van der Waals surface area contributed by atoms with Gasteiger partial charge in [0, 0.05) is 0 Å². The van der Waals surface area contributed by atoms with Crippen LogP contribution in [0.5, 0.6) is 11.5 Å². The molecule has 3 nitrogen and oxygen atoms in total. The Balaban J connectivity index is 0.00000242. The fourth-order valence-electron chi connectivity index (χ4n) is 1.90. The number of ether oxygens (including phenoxy) is 2. The average molecular weight is 396 g/mol. The third kappa shape index (κ3) is 4.28. The zero-order valence-electron chi connectivity index (χ0n) is 11.4. The van der Waals surface area contributed by atoms with E-state index >= 15 is 0 Å². The van der Waals surface area contributed by atoms with Gasteiger partial charge in [0.05, 0.1) is 23.7 Å². The first-order valence-corrected chi connectivity index (χ1v) is 8.22. The maximum atomic E-state index is 12.7. The van der Waals surface area contributed by atoms with Crippen LogP contribution < -0.4 is 14.8 Å². The standard InChI is InChI=1S/C15H13BrClO3P.Li.H/c1-19-13-10(16)8-11(17)14(20-2)12(13)15(18)21-9-6-4-3-5-7-9;;/h3-8,21H,1-2H3;;. The molecule has 0 N–H and O–H groups in total. The van der Waals surface area contributed by atoms with E-state index in [2.05, 4.69) is 15.9 Å². The molecule has 0 saturated carbocycles. The van der Waals surface area contributed by atoms with Crippen molar-refractivity contribution in [3.05, 3.63) is 51.5 Å². The molecule has 0 amide bonds. The fourth-order valence-corrected chi connectivity index (χ4v) is 3.88. The van der Waals surface area contributed by atoms with E-state index in [1.807, 2.05) is 30.3 Å². The van der Waals surface area contributed by atoms with E-state index in [4.69, 9.17) is 21.1 Å². The molecule has 0 saturated heterocycles. The van der Waals surface area contributed by atoms with Crippen molar-refractivity contribution in [2.75, 3.05) is 14.2 Å². The van der Waals surface area contributed by atoms with E-state index in [0.29, 0.717) is 26.6 Å². The van der Waals surface area contributed by atoms with Crippen molar-refractivity contribution in [3.63, 3.8) is 0 Å². The Morgan fingerprint density at radius 2 is 1.73 bits per heavy atom. The summed E-state index contributed by atoms with van der Waals surface area (Å²) in [4.78, 5) is 12.7. The van der Waals surface area contributed by atoms with Crippen LogP contribution in [0.1, 0.15) is 10.4 Å². The van der Waals surface area contributed by atoms with Crippen molar-refractivity contribution in [2.45, 2.75) is 0 Å². The van der Waals surface area contributed by atoms with Gasteiger partial charge >= 0.3 is 18.9 Å². The first-order valence-electron chi connectivity index (χ1n) is 6.04. The number of halogens is 2. The third-order valence-corrected chi connectivity index (χ3v) is 4.78. The minimum absolute atomic E-state index is 0. The second-order valence-electron chi connectivity index (χ2n) is 4.10. The predicted molar refractivity (Wildman–Crippen MR) is 98.1 cm³/mol. The Bertz CT molecular complexity index is 639. The van der Waals surface area contributed by atoms with E-state index in [0.717, 1.165) is 5.30 Å². The van der Waals surface area contributed by atoms with E-state index in [-0.39, 0.29) is 33.0 Å². The molecule has 2 aromatic carbocycles. The van der Waals surface area contributed by atoms with Crippen molar-refractivity contribution >= 4 is 65.8 Å². The van der Waals surface area contributed by atoms with Crippen LogP contribution in [0.4, 0.5) is 0 Å². The van der Waals surface area contributed by atoms with Crippen LogP contribution in [0, 0.1) is 0 Å². The molecule has 0 bridgehead atoms. The summed E-state index contributed by atoms with van der Waals surface area (Å²) in [5.74, 6) is 0.773. The van der Waals surface area contributed by atoms with E-state index in [1.54, 1.807) is 6.07 Å². The Morgan fingerprint density at radius 3 is 2.27 bits per heavy atom. The van der Waals surface area contributed by atoms with Crippen LogP contribution in [0.3, 0.4) is 0 Å². The topological polar surface area (TPSA) is 35.5 Å². The zero-order valence-corrected chi connectivity index (χ0v) is 14.8. The Kier molecular flexibility index (Phi) is 7.97. The van der Waals surface area contributed by atoms with Gasteiger partial charge < -0.3 is 9.47 Å².